The first-order valence-corrected chi connectivity index (χ1v) is 6.06. The number of aryl methyl sites for hydroxylation is 1. The van der Waals surface area contributed by atoms with Gasteiger partial charge in [-0.25, -0.2) is 0 Å². The zero-order valence-corrected chi connectivity index (χ0v) is 11.3. The normalized spacial score (nSPS) is 10.3. The zero-order chi connectivity index (χ0) is 12.3. The van der Waals surface area contributed by atoms with Crippen molar-refractivity contribution in [3.63, 3.8) is 0 Å². The highest BCUT2D eigenvalue weighted by atomic mass is 79.9. The minimum Gasteiger partial charge on any atom is -0.495 e. The topological polar surface area (TPSA) is 49.9 Å². The van der Waals surface area contributed by atoms with Gasteiger partial charge in [0.25, 0.3) is 0 Å². The Morgan fingerprint density at radius 3 is 2.94 bits per heavy atom. The van der Waals surface area contributed by atoms with Gasteiger partial charge in [-0.3, -0.25) is 5.10 Å². The SMILES string of the molecule is COc1ccc(Br)cc1NCc1cn[nH]c1C. The van der Waals surface area contributed by atoms with Gasteiger partial charge in [0.05, 0.1) is 19.0 Å². The van der Waals surface area contributed by atoms with Crippen molar-refractivity contribution in [2.24, 2.45) is 0 Å². The van der Waals surface area contributed by atoms with Crippen LogP contribution >= 0.6 is 15.9 Å². The third kappa shape index (κ3) is 2.79. The molecule has 1 heterocycles. The number of ether oxygens (including phenoxy) is 1. The number of aromatic amines is 1. The van der Waals surface area contributed by atoms with Gasteiger partial charge in [0, 0.05) is 22.3 Å². The average Bonchev–Trinajstić information content (AvgIpc) is 2.72. The van der Waals surface area contributed by atoms with E-state index in [1.54, 1.807) is 7.11 Å². The highest BCUT2D eigenvalue weighted by molar-refractivity contribution is 9.10. The molecule has 0 amide bonds. The third-order valence-electron chi connectivity index (χ3n) is 2.57. The average molecular weight is 296 g/mol. The van der Waals surface area contributed by atoms with Crippen molar-refractivity contribution in [2.45, 2.75) is 13.5 Å². The molecule has 4 nitrogen and oxygen atoms in total. The molecule has 0 atom stereocenters. The fraction of sp³-hybridized carbons (Fsp3) is 0.250. The molecule has 2 N–H and O–H groups in total. The van der Waals surface area contributed by atoms with Crippen molar-refractivity contribution < 1.29 is 4.74 Å². The summed E-state index contributed by atoms with van der Waals surface area (Å²) < 4.78 is 6.31. The van der Waals surface area contributed by atoms with Crippen LogP contribution < -0.4 is 10.1 Å². The molecule has 5 heteroatoms. The number of hydrogen-bond donors (Lipinski definition) is 2. The Morgan fingerprint density at radius 2 is 2.29 bits per heavy atom. The van der Waals surface area contributed by atoms with Crippen LogP contribution in [0.3, 0.4) is 0 Å². The van der Waals surface area contributed by atoms with Crippen molar-refractivity contribution in [1.29, 1.82) is 0 Å². The van der Waals surface area contributed by atoms with E-state index in [2.05, 4.69) is 31.4 Å². The molecular formula is C12H14BrN3O. The van der Waals surface area contributed by atoms with Crippen molar-refractivity contribution in [2.75, 3.05) is 12.4 Å². The number of halogens is 1. The van der Waals surface area contributed by atoms with Crippen LogP contribution in [0.2, 0.25) is 0 Å². The molecule has 0 aliphatic carbocycles. The van der Waals surface area contributed by atoms with E-state index in [1.807, 2.05) is 31.3 Å². The predicted molar refractivity (Wildman–Crippen MR) is 71.3 cm³/mol. The first-order valence-electron chi connectivity index (χ1n) is 5.27. The fourth-order valence-corrected chi connectivity index (χ4v) is 1.92. The second kappa shape index (κ2) is 5.23. The second-order valence-electron chi connectivity index (χ2n) is 3.72. The Balaban J connectivity index is 2.13. The summed E-state index contributed by atoms with van der Waals surface area (Å²) in [6.45, 7) is 2.72. The maximum Gasteiger partial charge on any atom is 0.142 e. The predicted octanol–water partition coefficient (Wildman–Crippen LogP) is 3.10. The number of H-pyrrole nitrogens is 1. The van der Waals surface area contributed by atoms with Gasteiger partial charge >= 0.3 is 0 Å². The molecule has 0 aliphatic heterocycles. The lowest BCUT2D eigenvalue weighted by molar-refractivity contribution is 0.416. The molecule has 0 unspecified atom stereocenters. The van der Waals surface area contributed by atoms with E-state index in [1.165, 1.54) is 0 Å². The van der Waals surface area contributed by atoms with E-state index in [9.17, 15) is 0 Å². The number of nitrogens with zero attached hydrogens (tertiary/aromatic N) is 1. The summed E-state index contributed by atoms with van der Waals surface area (Å²) in [5.74, 6) is 0.828. The summed E-state index contributed by atoms with van der Waals surface area (Å²) in [5, 5.41) is 10.2. The number of aromatic nitrogens is 2. The quantitative estimate of drug-likeness (QED) is 0.911. The number of anilines is 1. The molecule has 17 heavy (non-hydrogen) atoms. The van der Waals surface area contributed by atoms with Gasteiger partial charge in [0.15, 0.2) is 0 Å². The fourth-order valence-electron chi connectivity index (χ4n) is 1.56. The summed E-state index contributed by atoms with van der Waals surface area (Å²) in [7, 11) is 1.66. The van der Waals surface area contributed by atoms with Crippen LogP contribution in [-0.4, -0.2) is 17.3 Å². The molecule has 0 fully saturated rings. The summed E-state index contributed by atoms with van der Waals surface area (Å²) in [6, 6.07) is 5.87. The van der Waals surface area contributed by atoms with Crippen molar-refractivity contribution >= 4 is 21.6 Å². The van der Waals surface area contributed by atoms with Gasteiger partial charge in [0.1, 0.15) is 5.75 Å². The highest BCUT2D eigenvalue weighted by Crippen LogP contribution is 2.28. The maximum absolute atomic E-state index is 5.29. The van der Waals surface area contributed by atoms with Crippen molar-refractivity contribution in [3.8, 4) is 5.75 Å². The van der Waals surface area contributed by atoms with E-state index in [-0.39, 0.29) is 0 Å². The lowest BCUT2D eigenvalue weighted by Crippen LogP contribution is -2.01. The van der Waals surface area contributed by atoms with Crippen LogP contribution in [0, 0.1) is 6.92 Å². The van der Waals surface area contributed by atoms with E-state index < -0.39 is 0 Å². The molecule has 1 aromatic carbocycles. The Morgan fingerprint density at radius 1 is 1.47 bits per heavy atom. The molecule has 0 bridgehead atoms. The minimum atomic E-state index is 0.717. The molecule has 0 spiro atoms. The molecular weight excluding hydrogens is 282 g/mol. The summed E-state index contributed by atoms with van der Waals surface area (Å²) in [6.07, 6.45) is 1.83. The smallest absolute Gasteiger partial charge is 0.142 e. The Labute approximate surface area is 109 Å². The number of benzene rings is 1. The standard InChI is InChI=1S/C12H14BrN3O/c1-8-9(7-15-16-8)6-14-11-5-10(13)3-4-12(11)17-2/h3-5,7,14H,6H2,1-2H3,(H,15,16). The Kier molecular flexibility index (Phi) is 3.68. The first-order chi connectivity index (χ1) is 8.20. The minimum absolute atomic E-state index is 0.717. The van der Waals surface area contributed by atoms with E-state index in [0.717, 1.165) is 33.7 Å². The van der Waals surface area contributed by atoms with Gasteiger partial charge in [-0.2, -0.15) is 5.10 Å². The Hall–Kier alpha value is -1.49. The summed E-state index contributed by atoms with van der Waals surface area (Å²) in [5.41, 5.74) is 3.18. The van der Waals surface area contributed by atoms with Crippen LogP contribution in [0.25, 0.3) is 0 Å². The molecule has 0 radical (unpaired) electrons. The van der Waals surface area contributed by atoms with E-state index in [0.29, 0.717) is 0 Å². The van der Waals surface area contributed by atoms with Crippen LogP contribution in [-0.2, 0) is 6.54 Å². The molecule has 0 aliphatic rings. The third-order valence-corrected chi connectivity index (χ3v) is 3.06. The van der Waals surface area contributed by atoms with Crippen molar-refractivity contribution in [1.82, 2.24) is 10.2 Å². The van der Waals surface area contributed by atoms with Gasteiger partial charge in [-0.15, -0.1) is 0 Å². The maximum atomic E-state index is 5.29. The number of rotatable bonds is 4. The van der Waals surface area contributed by atoms with Crippen LogP contribution in [0.4, 0.5) is 5.69 Å². The summed E-state index contributed by atoms with van der Waals surface area (Å²) >= 11 is 3.44. The Bertz CT molecular complexity index is 510. The first kappa shape index (κ1) is 12.0. The summed E-state index contributed by atoms with van der Waals surface area (Å²) in [4.78, 5) is 0. The van der Waals surface area contributed by atoms with Gasteiger partial charge < -0.3 is 10.1 Å². The lowest BCUT2D eigenvalue weighted by atomic mass is 10.2. The molecule has 1 aromatic heterocycles. The van der Waals surface area contributed by atoms with Crippen LogP contribution in [0.5, 0.6) is 5.75 Å². The van der Waals surface area contributed by atoms with Crippen LogP contribution in [0.1, 0.15) is 11.3 Å². The van der Waals surface area contributed by atoms with E-state index >= 15 is 0 Å². The monoisotopic (exact) mass is 295 g/mol. The van der Waals surface area contributed by atoms with Gasteiger partial charge in [-0.05, 0) is 25.1 Å². The molecule has 0 saturated carbocycles. The molecule has 2 rings (SSSR count). The number of methoxy groups -OCH3 is 1. The molecule has 90 valence electrons. The highest BCUT2D eigenvalue weighted by Gasteiger charge is 2.05. The van der Waals surface area contributed by atoms with E-state index in [4.69, 9.17) is 4.74 Å². The van der Waals surface area contributed by atoms with Gasteiger partial charge in [-0.1, -0.05) is 15.9 Å². The van der Waals surface area contributed by atoms with Crippen LogP contribution in [0.15, 0.2) is 28.9 Å². The largest absolute Gasteiger partial charge is 0.495 e. The van der Waals surface area contributed by atoms with Crippen molar-refractivity contribution in [3.05, 3.63) is 40.1 Å². The zero-order valence-electron chi connectivity index (χ0n) is 9.75. The molecule has 0 saturated heterocycles. The lowest BCUT2D eigenvalue weighted by Gasteiger charge is -2.11. The number of hydrogen-bond acceptors (Lipinski definition) is 3. The number of nitrogens with one attached hydrogen (secondary N) is 2. The van der Waals surface area contributed by atoms with Gasteiger partial charge in [0.2, 0.25) is 0 Å². The second-order valence-corrected chi connectivity index (χ2v) is 4.63. The molecule has 2 aromatic rings.